The van der Waals surface area contributed by atoms with E-state index in [9.17, 15) is 0 Å². The lowest BCUT2D eigenvalue weighted by Gasteiger charge is -2.29. The number of hydrogen-bond acceptors (Lipinski definition) is 2. The Bertz CT molecular complexity index is 191. The van der Waals surface area contributed by atoms with Crippen molar-refractivity contribution in [2.24, 2.45) is 5.41 Å². The topological polar surface area (TPSA) is 21.8 Å². The minimum Gasteiger partial charge on any atom is -0.381 e. The van der Waals surface area contributed by atoms with Crippen molar-refractivity contribution in [3.8, 4) is 0 Å². The van der Waals surface area contributed by atoms with Gasteiger partial charge in [0.2, 0.25) is 0 Å². The molecular weight excluding hydrogens is 176 g/mol. The maximum atomic E-state index is 5.56. The molecule has 2 atom stereocenters. The summed E-state index contributed by atoms with van der Waals surface area (Å²) in [7, 11) is 1.80. The number of hydrogen-bond donors (Lipinski definition) is 0. The van der Waals surface area contributed by atoms with Gasteiger partial charge >= 0.3 is 0 Å². The van der Waals surface area contributed by atoms with E-state index < -0.39 is 0 Å². The zero-order valence-corrected chi connectivity index (χ0v) is 10.4. The zero-order valence-electron chi connectivity index (χ0n) is 10.4. The van der Waals surface area contributed by atoms with Crippen molar-refractivity contribution in [2.75, 3.05) is 7.11 Å². The van der Waals surface area contributed by atoms with Gasteiger partial charge in [-0.25, -0.2) is 0 Å². The Hall–Kier alpha value is -0.0800. The molecule has 1 aliphatic heterocycles. The third-order valence-corrected chi connectivity index (χ3v) is 3.11. The predicted octanol–water partition coefficient (Wildman–Crippen LogP) is 3.01. The highest BCUT2D eigenvalue weighted by atomic mass is 16.6. The van der Waals surface area contributed by atoms with Crippen LogP contribution in [0, 0.1) is 5.41 Å². The Kier molecular flexibility index (Phi) is 3.27. The Morgan fingerprint density at radius 1 is 1.36 bits per heavy atom. The summed E-state index contributed by atoms with van der Waals surface area (Å²) < 4.78 is 11.1. The van der Waals surface area contributed by atoms with E-state index in [1.54, 1.807) is 7.11 Å². The number of methoxy groups -OCH3 is 1. The average molecular weight is 200 g/mol. The van der Waals surface area contributed by atoms with Crippen LogP contribution < -0.4 is 0 Å². The van der Waals surface area contributed by atoms with Gasteiger partial charge in [0, 0.05) is 7.11 Å². The van der Waals surface area contributed by atoms with Crippen LogP contribution in [0.4, 0.5) is 0 Å². The van der Waals surface area contributed by atoms with Gasteiger partial charge in [-0.3, -0.25) is 0 Å². The molecule has 2 nitrogen and oxygen atoms in total. The van der Waals surface area contributed by atoms with E-state index in [2.05, 4.69) is 34.6 Å². The molecule has 0 aromatic rings. The average Bonchev–Trinajstić information content (AvgIpc) is 2.57. The normalized spacial score (nSPS) is 27.4. The first kappa shape index (κ1) is 12.0. The summed E-state index contributed by atoms with van der Waals surface area (Å²) >= 11 is 0. The van der Waals surface area contributed by atoms with Gasteiger partial charge in [-0.05, 0) is 32.1 Å². The first-order valence-corrected chi connectivity index (χ1v) is 5.48. The number of rotatable bonds is 4. The maximum absolute atomic E-state index is 5.56. The van der Waals surface area contributed by atoms with E-state index in [1.165, 1.54) is 0 Å². The molecule has 0 N–H and O–H groups in total. The molecule has 84 valence electrons. The van der Waals surface area contributed by atoms with Gasteiger partial charge in [-0.15, -0.1) is 0 Å². The van der Waals surface area contributed by atoms with Crippen molar-refractivity contribution in [3.63, 3.8) is 0 Å². The van der Waals surface area contributed by atoms with Crippen molar-refractivity contribution in [2.45, 2.75) is 65.3 Å². The van der Waals surface area contributed by atoms with E-state index in [1.807, 2.05) is 0 Å². The molecule has 2 unspecified atom stereocenters. The highest BCUT2D eigenvalue weighted by molar-refractivity contribution is 4.95. The summed E-state index contributed by atoms with van der Waals surface area (Å²) in [5, 5.41) is 0. The van der Waals surface area contributed by atoms with E-state index in [4.69, 9.17) is 9.47 Å². The lowest BCUT2D eigenvalue weighted by molar-refractivity contribution is 0.00818. The standard InChI is InChI=1S/C12H24O2/c1-11(2,3)9(13-6)7-8-10-12(4,5)14-10/h9-10H,7-8H2,1-6H3. The largest absolute Gasteiger partial charge is 0.381 e. The van der Waals surface area contributed by atoms with Crippen molar-refractivity contribution in [3.05, 3.63) is 0 Å². The molecule has 0 amide bonds. The molecule has 14 heavy (non-hydrogen) atoms. The Morgan fingerprint density at radius 2 is 1.86 bits per heavy atom. The van der Waals surface area contributed by atoms with Crippen LogP contribution in [0.15, 0.2) is 0 Å². The lowest BCUT2D eigenvalue weighted by Crippen LogP contribution is -2.28. The molecule has 0 spiro atoms. The van der Waals surface area contributed by atoms with Crippen LogP contribution in [0.1, 0.15) is 47.5 Å². The zero-order chi connectivity index (χ0) is 11.0. The fourth-order valence-electron chi connectivity index (χ4n) is 1.95. The molecule has 1 heterocycles. The van der Waals surface area contributed by atoms with Crippen molar-refractivity contribution < 1.29 is 9.47 Å². The predicted molar refractivity (Wildman–Crippen MR) is 58.4 cm³/mol. The molecule has 1 fully saturated rings. The minimum atomic E-state index is 0.121. The van der Waals surface area contributed by atoms with Crippen molar-refractivity contribution in [1.29, 1.82) is 0 Å². The van der Waals surface area contributed by atoms with Crippen LogP contribution in [0.5, 0.6) is 0 Å². The molecule has 0 saturated carbocycles. The van der Waals surface area contributed by atoms with Gasteiger partial charge in [0.05, 0.1) is 17.8 Å². The first-order chi connectivity index (χ1) is 6.27. The summed E-state index contributed by atoms with van der Waals surface area (Å²) in [5.41, 5.74) is 0.351. The Labute approximate surface area is 88.0 Å². The molecule has 2 heteroatoms. The molecular formula is C12H24O2. The van der Waals surface area contributed by atoms with E-state index in [0.29, 0.717) is 12.2 Å². The first-order valence-electron chi connectivity index (χ1n) is 5.48. The van der Waals surface area contributed by atoms with Gasteiger partial charge in [0.15, 0.2) is 0 Å². The molecule has 0 aromatic carbocycles. The van der Waals surface area contributed by atoms with Crippen LogP contribution in [0.3, 0.4) is 0 Å². The second kappa shape index (κ2) is 3.82. The van der Waals surface area contributed by atoms with Gasteiger partial charge in [0.1, 0.15) is 0 Å². The second-order valence-electron chi connectivity index (χ2n) is 5.88. The Balaban J connectivity index is 2.29. The third-order valence-electron chi connectivity index (χ3n) is 3.11. The molecule has 0 radical (unpaired) electrons. The van der Waals surface area contributed by atoms with Gasteiger partial charge in [0.25, 0.3) is 0 Å². The van der Waals surface area contributed by atoms with E-state index in [0.717, 1.165) is 12.8 Å². The SMILES string of the molecule is COC(CCC1OC1(C)C)C(C)(C)C. The summed E-state index contributed by atoms with van der Waals surface area (Å²) in [5.74, 6) is 0. The fraction of sp³-hybridized carbons (Fsp3) is 1.00. The van der Waals surface area contributed by atoms with Crippen molar-refractivity contribution >= 4 is 0 Å². The summed E-state index contributed by atoms with van der Waals surface area (Å²) in [4.78, 5) is 0. The van der Waals surface area contributed by atoms with Gasteiger partial charge in [-0.1, -0.05) is 20.8 Å². The molecule has 0 aliphatic carbocycles. The number of epoxide rings is 1. The molecule has 1 aliphatic rings. The van der Waals surface area contributed by atoms with Gasteiger partial charge in [-0.2, -0.15) is 0 Å². The highest BCUT2D eigenvalue weighted by Gasteiger charge is 2.47. The third kappa shape index (κ3) is 2.96. The summed E-state index contributed by atoms with van der Waals surface area (Å²) in [6.07, 6.45) is 2.99. The quantitative estimate of drug-likeness (QED) is 0.651. The van der Waals surface area contributed by atoms with Crippen LogP contribution in [0.25, 0.3) is 0 Å². The monoisotopic (exact) mass is 200 g/mol. The van der Waals surface area contributed by atoms with Crippen LogP contribution >= 0.6 is 0 Å². The van der Waals surface area contributed by atoms with Crippen LogP contribution in [0.2, 0.25) is 0 Å². The van der Waals surface area contributed by atoms with Gasteiger partial charge < -0.3 is 9.47 Å². The fourth-order valence-corrected chi connectivity index (χ4v) is 1.95. The lowest BCUT2D eigenvalue weighted by atomic mass is 9.85. The van der Waals surface area contributed by atoms with Crippen LogP contribution in [-0.4, -0.2) is 24.9 Å². The molecule has 1 rings (SSSR count). The maximum Gasteiger partial charge on any atom is 0.0892 e. The van der Waals surface area contributed by atoms with Crippen LogP contribution in [-0.2, 0) is 9.47 Å². The van der Waals surface area contributed by atoms with E-state index in [-0.39, 0.29) is 11.0 Å². The van der Waals surface area contributed by atoms with Crippen molar-refractivity contribution in [1.82, 2.24) is 0 Å². The summed E-state index contributed by atoms with van der Waals surface area (Å²) in [6.45, 7) is 11.0. The number of ether oxygens (including phenoxy) is 2. The highest BCUT2D eigenvalue weighted by Crippen LogP contribution is 2.39. The summed E-state index contributed by atoms with van der Waals surface area (Å²) in [6, 6.07) is 0. The molecule has 0 aromatic heterocycles. The smallest absolute Gasteiger partial charge is 0.0892 e. The molecule has 0 bridgehead atoms. The minimum absolute atomic E-state index is 0.121. The second-order valence-corrected chi connectivity index (χ2v) is 5.88. The Morgan fingerprint density at radius 3 is 2.14 bits per heavy atom. The molecule has 1 saturated heterocycles. The van der Waals surface area contributed by atoms with E-state index >= 15 is 0 Å².